The fourth-order valence-corrected chi connectivity index (χ4v) is 4.85. The molecule has 12 heteroatoms. The number of nitrogens with two attached hydrogens (primary N) is 1. The molecule has 1 aliphatic rings. The Bertz CT molecular complexity index is 1600. The maximum Gasteiger partial charge on any atom is 0.420 e. The van der Waals surface area contributed by atoms with E-state index in [1.165, 1.54) is 18.3 Å². The van der Waals surface area contributed by atoms with E-state index < -0.39 is 17.3 Å². The van der Waals surface area contributed by atoms with Crippen LogP contribution in [0.25, 0.3) is 22.2 Å². The Hall–Kier alpha value is -4.45. The summed E-state index contributed by atoms with van der Waals surface area (Å²) >= 11 is 0. The van der Waals surface area contributed by atoms with Gasteiger partial charge in [-0.25, -0.2) is 4.98 Å². The number of fused-ring (bicyclic) bond motifs is 1. The smallest absolute Gasteiger partial charge is 0.420 e. The molecule has 1 fully saturated rings. The summed E-state index contributed by atoms with van der Waals surface area (Å²) in [5.41, 5.74) is 5.44. The Morgan fingerprint density at radius 2 is 1.90 bits per heavy atom. The van der Waals surface area contributed by atoms with Crippen molar-refractivity contribution in [2.75, 3.05) is 25.5 Å². The molecular weight excluding hydrogens is 551 g/mol. The second-order valence-corrected chi connectivity index (χ2v) is 10.8. The zero-order valence-electron chi connectivity index (χ0n) is 23.1. The van der Waals surface area contributed by atoms with E-state index in [4.69, 9.17) is 14.9 Å². The maximum atomic E-state index is 14.0. The van der Waals surface area contributed by atoms with E-state index in [0.29, 0.717) is 37.6 Å². The number of furan rings is 1. The number of halogens is 3. The van der Waals surface area contributed by atoms with Gasteiger partial charge >= 0.3 is 6.18 Å². The van der Waals surface area contributed by atoms with E-state index in [-0.39, 0.29) is 52.8 Å². The molecule has 3 aromatic heterocycles. The Morgan fingerprint density at radius 3 is 2.57 bits per heavy atom. The summed E-state index contributed by atoms with van der Waals surface area (Å²) in [6.45, 7) is 5.00. The predicted molar refractivity (Wildman–Crippen MR) is 149 cm³/mol. The van der Waals surface area contributed by atoms with Gasteiger partial charge in [0.15, 0.2) is 0 Å². The summed E-state index contributed by atoms with van der Waals surface area (Å²) in [6, 6.07) is 10.5. The number of aryl methyl sites for hydroxylation is 1. The third kappa shape index (κ3) is 6.38. The van der Waals surface area contributed by atoms with Crippen LogP contribution in [-0.4, -0.2) is 52.0 Å². The van der Waals surface area contributed by atoms with Gasteiger partial charge in [-0.2, -0.15) is 13.2 Å². The van der Waals surface area contributed by atoms with Crippen molar-refractivity contribution in [3.8, 4) is 11.3 Å². The van der Waals surface area contributed by atoms with Crippen molar-refractivity contribution in [3.05, 3.63) is 77.3 Å². The van der Waals surface area contributed by atoms with Crippen molar-refractivity contribution in [1.82, 2.24) is 20.2 Å². The lowest BCUT2D eigenvalue weighted by molar-refractivity contribution is -0.136. The molecule has 0 unspecified atom stereocenters. The van der Waals surface area contributed by atoms with Crippen LogP contribution in [0.5, 0.6) is 0 Å². The SMILES string of the molecule is CC1(C)COCCN1C(=O)c1ccc(-c2cc(C(F)(F)F)c3oc(CNC(=O)CCc4ccc(N)nc4)cc3c2)nc1. The number of amides is 2. The van der Waals surface area contributed by atoms with Crippen molar-refractivity contribution in [2.45, 2.75) is 44.9 Å². The van der Waals surface area contributed by atoms with Gasteiger partial charge in [-0.05, 0) is 62.2 Å². The lowest BCUT2D eigenvalue weighted by Crippen LogP contribution is -2.55. The minimum atomic E-state index is -4.70. The zero-order valence-corrected chi connectivity index (χ0v) is 23.1. The van der Waals surface area contributed by atoms with Gasteiger partial charge in [0.1, 0.15) is 17.2 Å². The molecular formula is C30H30F3N5O4. The van der Waals surface area contributed by atoms with Gasteiger partial charge in [0.25, 0.3) is 5.91 Å². The van der Waals surface area contributed by atoms with Crippen LogP contribution in [-0.2, 0) is 28.7 Å². The molecule has 0 saturated carbocycles. The number of nitrogens with one attached hydrogen (secondary N) is 1. The summed E-state index contributed by atoms with van der Waals surface area (Å²) in [5.74, 6) is 0.0474. The summed E-state index contributed by atoms with van der Waals surface area (Å²) in [7, 11) is 0. The molecule has 220 valence electrons. The number of anilines is 1. The van der Waals surface area contributed by atoms with E-state index in [1.54, 1.807) is 35.4 Å². The van der Waals surface area contributed by atoms with Gasteiger partial charge in [0.2, 0.25) is 5.91 Å². The van der Waals surface area contributed by atoms with Gasteiger partial charge in [-0.3, -0.25) is 14.6 Å². The standard InChI is InChI=1S/C30H30F3N5O4/c1-29(2)17-41-10-9-38(29)28(40)19-5-6-24(35-15-19)20-11-21-12-22(42-27(21)23(13-20)30(31,32)33)16-37-26(39)8-4-18-3-7-25(34)36-14-18/h3,5-7,11-15H,4,8-10,16-17H2,1-2H3,(H2,34,36)(H,37,39). The number of hydrogen-bond acceptors (Lipinski definition) is 7. The highest BCUT2D eigenvalue weighted by molar-refractivity contribution is 5.95. The molecule has 0 bridgehead atoms. The van der Waals surface area contributed by atoms with Crippen molar-refractivity contribution in [2.24, 2.45) is 0 Å². The van der Waals surface area contributed by atoms with Crippen LogP contribution >= 0.6 is 0 Å². The summed E-state index contributed by atoms with van der Waals surface area (Å²) in [6.07, 6.45) is -1.14. The number of nitrogens with zero attached hydrogens (tertiary/aromatic N) is 3. The van der Waals surface area contributed by atoms with Crippen LogP contribution in [0, 0.1) is 0 Å². The lowest BCUT2D eigenvalue weighted by atomic mass is 10.0. The van der Waals surface area contributed by atoms with E-state index >= 15 is 0 Å². The second-order valence-electron chi connectivity index (χ2n) is 10.8. The number of nitrogen functional groups attached to an aromatic ring is 1. The van der Waals surface area contributed by atoms with Crippen LogP contribution in [0.1, 0.15) is 47.5 Å². The number of aromatic nitrogens is 2. The number of hydrogen-bond donors (Lipinski definition) is 2. The molecule has 2 amide bonds. The quantitative estimate of drug-likeness (QED) is 0.315. The first-order chi connectivity index (χ1) is 19.9. The summed E-state index contributed by atoms with van der Waals surface area (Å²) in [4.78, 5) is 35.4. The van der Waals surface area contributed by atoms with E-state index in [2.05, 4.69) is 15.3 Å². The third-order valence-electron chi connectivity index (χ3n) is 7.12. The number of benzene rings is 1. The normalized spacial score (nSPS) is 15.1. The van der Waals surface area contributed by atoms with E-state index in [1.807, 2.05) is 13.8 Å². The van der Waals surface area contributed by atoms with Crippen LogP contribution in [0.2, 0.25) is 0 Å². The Kier molecular flexibility index (Phi) is 7.91. The number of pyridine rings is 2. The molecule has 3 N–H and O–H groups in total. The molecule has 5 rings (SSSR count). The highest BCUT2D eigenvalue weighted by Crippen LogP contribution is 2.39. The molecule has 1 aromatic carbocycles. The van der Waals surface area contributed by atoms with Crippen molar-refractivity contribution in [3.63, 3.8) is 0 Å². The molecule has 1 aliphatic heterocycles. The monoisotopic (exact) mass is 581 g/mol. The minimum Gasteiger partial charge on any atom is -0.459 e. The third-order valence-corrected chi connectivity index (χ3v) is 7.12. The number of morpholine rings is 1. The fourth-order valence-electron chi connectivity index (χ4n) is 4.85. The topological polar surface area (TPSA) is 124 Å². The molecule has 9 nitrogen and oxygen atoms in total. The van der Waals surface area contributed by atoms with Crippen molar-refractivity contribution < 1.29 is 31.9 Å². The number of carbonyl (C=O) groups is 2. The van der Waals surface area contributed by atoms with Crippen molar-refractivity contribution >= 4 is 28.6 Å². The molecule has 4 aromatic rings. The Labute approximate surface area is 239 Å². The van der Waals surface area contributed by atoms with Gasteiger partial charge in [0.05, 0.1) is 42.1 Å². The van der Waals surface area contributed by atoms with Gasteiger partial charge in [-0.15, -0.1) is 0 Å². The van der Waals surface area contributed by atoms with Gasteiger partial charge in [-0.1, -0.05) is 6.07 Å². The molecule has 1 saturated heterocycles. The van der Waals surface area contributed by atoms with E-state index in [0.717, 1.165) is 11.6 Å². The number of alkyl halides is 3. The van der Waals surface area contributed by atoms with Crippen LogP contribution in [0.4, 0.5) is 19.0 Å². The average molecular weight is 582 g/mol. The summed E-state index contributed by atoms with van der Waals surface area (Å²) in [5, 5.41) is 2.90. The van der Waals surface area contributed by atoms with Gasteiger partial charge in [0, 0.05) is 36.3 Å². The molecule has 0 spiro atoms. The first kappa shape index (κ1) is 29.1. The maximum absolute atomic E-state index is 14.0. The lowest BCUT2D eigenvalue weighted by Gasteiger charge is -2.42. The summed E-state index contributed by atoms with van der Waals surface area (Å²) < 4.78 is 53.2. The molecule has 42 heavy (non-hydrogen) atoms. The number of rotatable bonds is 7. The van der Waals surface area contributed by atoms with Gasteiger partial charge < -0.3 is 25.1 Å². The first-order valence-corrected chi connectivity index (χ1v) is 13.4. The average Bonchev–Trinajstić information content (AvgIpc) is 3.37. The predicted octanol–water partition coefficient (Wildman–Crippen LogP) is 4.99. The molecule has 0 atom stereocenters. The first-order valence-electron chi connectivity index (χ1n) is 13.4. The molecule has 0 aliphatic carbocycles. The minimum absolute atomic E-state index is 0.0763. The zero-order chi connectivity index (χ0) is 30.1. The van der Waals surface area contributed by atoms with Crippen LogP contribution in [0.15, 0.2) is 59.3 Å². The van der Waals surface area contributed by atoms with Crippen LogP contribution in [0.3, 0.4) is 0 Å². The second kappa shape index (κ2) is 11.4. The van der Waals surface area contributed by atoms with E-state index in [9.17, 15) is 22.8 Å². The molecule has 4 heterocycles. The largest absolute Gasteiger partial charge is 0.459 e. The molecule has 0 radical (unpaired) electrons. The Balaban J connectivity index is 1.33. The number of ether oxygens (including phenoxy) is 1. The van der Waals surface area contributed by atoms with Crippen LogP contribution < -0.4 is 11.1 Å². The fraction of sp³-hybridized carbons (Fsp3) is 0.333. The number of carbonyl (C=O) groups excluding carboxylic acids is 2. The van der Waals surface area contributed by atoms with Crippen molar-refractivity contribution in [1.29, 1.82) is 0 Å². The Morgan fingerprint density at radius 1 is 1.10 bits per heavy atom. The highest BCUT2D eigenvalue weighted by atomic mass is 19.4. The highest BCUT2D eigenvalue weighted by Gasteiger charge is 2.36.